The first-order chi connectivity index (χ1) is 9.43. The van der Waals surface area contributed by atoms with Crippen molar-refractivity contribution in [2.75, 3.05) is 11.5 Å². The Kier molecular flexibility index (Phi) is 4.15. The fraction of sp³-hybridized carbons (Fsp3) is 0.429. The van der Waals surface area contributed by atoms with Gasteiger partial charge in [0.15, 0.2) is 0 Å². The number of hydrogen-bond acceptors (Lipinski definition) is 4. The van der Waals surface area contributed by atoms with Crippen LogP contribution in [0.2, 0.25) is 0 Å². The minimum atomic E-state index is 0.626. The number of aromatic amines is 1. The molecule has 1 saturated heterocycles. The number of nitrogens with zero attached hydrogens (tertiary/aromatic N) is 2. The van der Waals surface area contributed by atoms with Crippen molar-refractivity contribution in [3.8, 4) is 11.3 Å². The zero-order valence-electron chi connectivity index (χ0n) is 10.8. The molecular weight excluding hydrogens is 256 g/mol. The SMILES string of the molecule is c1ccc(-c2n[nH]nc2CNC2CCSCC2)cc1. The van der Waals surface area contributed by atoms with Crippen LogP contribution in [0.3, 0.4) is 0 Å². The van der Waals surface area contributed by atoms with E-state index in [2.05, 4.69) is 32.9 Å². The van der Waals surface area contributed by atoms with Gasteiger partial charge in [-0.1, -0.05) is 30.3 Å². The zero-order valence-corrected chi connectivity index (χ0v) is 11.6. The molecule has 4 nitrogen and oxygen atoms in total. The van der Waals surface area contributed by atoms with E-state index in [4.69, 9.17) is 0 Å². The summed E-state index contributed by atoms with van der Waals surface area (Å²) in [5.41, 5.74) is 3.08. The minimum Gasteiger partial charge on any atom is -0.308 e. The molecule has 1 aromatic carbocycles. The maximum Gasteiger partial charge on any atom is 0.117 e. The van der Waals surface area contributed by atoms with Gasteiger partial charge in [-0.05, 0) is 24.3 Å². The Bertz CT molecular complexity index is 505. The van der Waals surface area contributed by atoms with Crippen LogP contribution in [0.1, 0.15) is 18.5 Å². The first-order valence-electron chi connectivity index (χ1n) is 6.69. The molecule has 0 aliphatic carbocycles. The Morgan fingerprint density at radius 1 is 1.16 bits per heavy atom. The standard InChI is InChI=1S/C14H18N4S/c1-2-4-11(5-3-1)14-13(16-18-17-14)10-15-12-6-8-19-9-7-12/h1-5,12,15H,6-10H2,(H,16,17,18). The lowest BCUT2D eigenvalue weighted by Crippen LogP contribution is -2.32. The lowest BCUT2D eigenvalue weighted by atomic mass is 10.1. The second-order valence-corrected chi connectivity index (χ2v) is 5.98. The first kappa shape index (κ1) is 12.7. The van der Waals surface area contributed by atoms with E-state index in [1.807, 2.05) is 30.0 Å². The summed E-state index contributed by atoms with van der Waals surface area (Å²) < 4.78 is 0. The molecule has 3 rings (SSSR count). The van der Waals surface area contributed by atoms with E-state index in [0.717, 1.165) is 23.5 Å². The fourth-order valence-corrected chi connectivity index (χ4v) is 3.45. The van der Waals surface area contributed by atoms with Crippen LogP contribution in [-0.2, 0) is 6.54 Å². The van der Waals surface area contributed by atoms with Gasteiger partial charge in [-0.25, -0.2) is 0 Å². The number of nitrogens with one attached hydrogen (secondary N) is 2. The summed E-state index contributed by atoms with van der Waals surface area (Å²) in [6.07, 6.45) is 2.51. The summed E-state index contributed by atoms with van der Waals surface area (Å²) in [6.45, 7) is 0.788. The third kappa shape index (κ3) is 3.16. The average molecular weight is 274 g/mol. The third-order valence-electron chi connectivity index (χ3n) is 3.45. The van der Waals surface area contributed by atoms with Crippen LogP contribution in [0.15, 0.2) is 30.3 Å². The fourth-order valence-electron chi connectivity index (χ4n) is 2.35. The van der Waals surface area contributed by atoms with Crippen LogP contribution in [0, 0.1) is 0 Å². The third-order valence-corrected chi connectivity index (χ3v) is 4.50. The molecule has 1 aromatic heterocycles. The van der Waals surface area contributed by atoms with Crippen molar-refractivity contribution in [3.05, 3.63) is 36.0 Å². The molecule has 0 radical (unpaired) electrons. The largest absolute Gasteiger partial charge is 0.308 e. The molecule has 2 N–H and O–H groups in total. The van der Waals surface area contributed by atoms with E-state index in [1.54, 1.807) is 0 Å². The Morgan fingerprint density at radius 2 is 1.95 bits per heavy atom. The van der Waals surface area contributed by atoms with E-state index < -0.39 is 0 Å². The van der Waals surface area contributed by atoms with E-state index in [1.165, 1.54) is 24.3 Å². The van der Waals surface area contributed by atoms with Gasteiger partial charge in [0.2, 0.25) is 0 Å². The summed E-state index contributed by atoms with van der Waals surface area (Å²) >= 11 is 2.05. The van der Waals surface area contributed by atoms with Crippen LogP contribution >= 0.6 is 11.8 Å². The van der Waals surface area contributed by atoms with Crippen LogP contribution in [-0.4, -0.2) is 33.0 Å². The second kappa shape index (κ2) is 6.21. The van der Waals surface area contributed by atoms with Crippen LogP contribution in [0.25, 0.3) is 11.3 Å². The van der Waals surface area contributed by atoms with Crippen molar-refractivity contribution in [1.82, 2.24) is 20.7 Å². The zero-order chi connectivity index (χ0) is 12.9. The average Bonchev–Trinajstić information content (AvgIpc) is 2.95. The molecule has 5 heteroatoms. The monoisotopic (exact) mass is 274 g/mol. The number of hydrogen-bond donors (Lipinski definition) is 2. The van der Waals surface area contributed by atoms with Crippen molar-refractivity contribution in [2.45, 2.75) is 25.4 Å². The van der Waals surface area contributed by atoms with Crippen molar-refractivity contribution >= 4 is 11.8 Å². The van der Waals surface area contributed by atoms with Gasteiger partial charge in [0.25, 0.3) is 0 Å². The molecule has 1 fully saturated rings. The molecule has 0 saturated carbocycles. The highest BCUT2D eigenvalue weighted by Gasteiger charge is 2.15. The molecule has 0 atom stereocenters. The van der Waals surface area contributed by atoms with Gasteiger partial charge in [0, 0.05) is 18.2 Å². The highest BCUT2D eigenvalue weighted by atomic mass is 32.2. The Hall–Kier alpha value is -1.33. The lowest BCUT2D eigenvalue weighted by molar-refractivity contribution is 0.478. The highest BCUT2D eigenvalue weighted by Crippen LogP contribution is 2.20. The molecule has 1 aliphatic heterocycles. The smallest absolute Gasteiger partial charge is 0.117 e. The van der Waals surface area contributed by atoms with E-state index in [0.29, 0.717) is 6.04 Å². The topological polar surface area (TPSA) is 53.6 Å². The molecule has 100 valence electrons. The molecular formula is C14H18N4S. The number of benzene rings is 1. The second-order valence-electron chi connectivity index (χ2n) is 4.75. The molecule has 0 amide bonds. The van der Waals surface area contributed by atoms with Crippen molar-refractivity contribution in [1.29, 1.82) is 0 Å². The van der Waals surface area contributed by atoms with Crippen LogP contribution in [0.5, 0.6) is 0 Å². The minimum absolute atomic E-state index is 0.626. The summed E-state index contributed by atoms with van der Waals surface area (Å²) in [5, 5.41) is 14.9. The van der Waals surface area contributed by atoms with Gasteiger partial charge in [0.1, 0.15) is 11.4 Å². The summed E-state index contributed by atoms with van der Waals surface area (Å²) in [5.74, 6) is 2.53. The predicted octanol–water partition coefficient (Wildman–Crippen LogP) is 2.46. The van der Waals surface area contributed by atoms with Gasteiger partial charge in [-0.2, -0.15) is 27.2 Å². The Balaban J connectivity index is 1.67. The Morgan fingerprint density at radius 3 is 2.74 bits per heavy atom. The van der Waals surface area contributed by atoms with Crippen molar-refractivity contribution in [3.63, 3.8) is 0 Å². The van der Waals surface area contributed by atoms with Crippen molar-refractivity contribution in [2.24, 2.45) is 0 Å². The van der Waals surface area contributed by atoms with Gasteiger partial charge < -0.3 is 5.32 Å². The molecule has 1 aliphatic rings. The molecule has 2 heterocycles. The van der Waals surface area contributed by atoms with E-state index in [-0.39, 0.29) is 0 Å². The van der Waals surface area contributed by atoms with Gasteiger partial charge in [-0.15, -0.1) is 0 Å². The van der Waals surface area contributed by atoms with Crippen molar-refractivity contribution < 1.29 is 0 Å². The van der Waals surface area contributed by atoms with E-state index >= 15 is 0 Å². The van der Waals surface area contributed by atoms with E-state index in [9.17, 15) is 0 Å². The lowest BCUT2D eigenvalue weighted by Gasteiger charge is -2.22. The van der Waals surface area contributed by atoms with Gasteiger partial charge >= 0.3 is 0 Å². The molecule has 0 bridgehead atoms. The quantitative estimate of drug-likeness (QED) is 0.899. The summed E-state index contributed by atoms with van der Waals surface area (Å²) in [7, 11) is 0. The first-order valence-corrected chi connectivity index (χ1v) is 7.85. The molecule has 0 spiro atoms. The van der Waals surface area contributed by atoms with Crippen LogP contribution in [0.4, 0.5) is 0 Å². The maximum absolute atomic E-state index is 4.27. The molecule has 0 unspecified atom stereocenters. The van der Waals surface area contributed by atoms with Gasteiger partial charge in [0.05, 0.1) is 0 Å². The highest BCUT2D eigenvalue weighted by molar-refractivity contribution is 7.99. The maximum atomic E-state index is 4.27. The van der Waals surface area contributed by atoms with Gasteiger partial charge in [-0.3, -0.25) is 0 Å². The molecule has 19 heavy (non-hydrogen) atoms. The number of rotatable bonds is 4. The number of thioether (sulfide) groups is 1. The summed E-state index contributed by atoms with van der Waals surface area (Å²) in [4.78, 5) is 0. The normalized spacial score (nSPS) is 16.6. The molecule has 2 aromatic rings. The number of aromatic nitrogens is 3. The summed E-state index contributed by atoms with van der Waals surface area (Å²) in [6, 6.07) is 10.8. The Labute approximate surface area is 117 Å². The number of H-pyrrole nitrogens is 1. The predicted molar refractivity (Wildman–Crippen MR) is 79.0 cm³/mol. The van der Waals surface area contributed by atoms with Crippen LogP contribution < -0.4 is 5.32 Å².